The predicted molar refractivity (Wildman–Crippen MR) is 104 cm³/mol. The summed E-state index contributed by atoms with van der Waals surface area (Å²) in [6, 6.07) is 8.53. The minimum atomic E-state index is -2.85. The lowest BCUT2D eigenvalue weighted by molar-refractivity contribution is -0.0504. The Hall–Kier alpha value is -2.97. The Morgan fingerprint density at radius 1 is 1.14 bits per heavy atom. The van der Waals surface area contributed by atoms with Gasteiger partial charge in [-0.15, -0.1) is 0 Å². The minimum Gasteiger partial charge on any atom is -0.434 e. The molecule has 1 aliphatic heterocycles. The fourth-order valence-corrected chi connectivity index (χ4v) is 3.00. The molecule has 0 saturated carbocycles. The van der Waals surface area contributed by atoms with E-state index in [4.69, 9.17) is 0 Å². The highest BCUT2D eigenvalue weighted by molar-refractivity contribution is 5.80. The van der Waals surface area contributed by atoms with Crippen LogP contribution in [0.25, 0.3) is 0 Å². The summed E-state index contributed by atoms with van der Waals surface area (Å²) in [6.07, 6.45) is 3.47. The highest BCUT2D eigenvalue weighted by atomic mass is 19.3. The third-order valence-corrected chi connectivity index (χ3v) is 4.34. The van der Waals surface area contributed by atoms with Gasteiger partial charge in [0.2, 0.25) is 5.95 Å². The number of hydrogen-bond acceptors (Lipinski definition) is 5. The third-order valence-electron chi connectivity index (χ3n) is 4.34. The lowest BCUT2D eigenvalue weighted by Gasteiger charge is -2.36. The van der Waals surface area contributed by atoms with Gasteiger partial charge in [-0.05, 0) is 19.1 Å². The molecule has 1 aliphatic rings. The molecule has 1 saturated heterocycles. The number of hydrogen-bond donors (Lipinski definition) is 1. The normalized spacial score (nSPS) is 15.1. The van der Waals surface area contributed by atoms with Gasteiger partial charge in [-0.1, -0.05) is 18.2 Å². The van der Waals surface area contributed by atoms with Gasteiger partial charge in [0.1, 0.15) is 5.75 Å². The van der Waals surface area contributed by atoms with Crippen molar-refractivity contribution in [3.05, 3.63) is 48.3 Å². The van der Waals surface area contributed by atoms with Crippen LogP contribution in [0.2, 0.25) is 0 Å². The van der Waals surface area contributed by atoms with Crippen molar-refractivity contribution in [1.82, 2.24) is 20.2 Å². The van der Waals surface area contributed by atoms with Crippen LogP contribution in [0.15, 0.2) is 47.7 Å². The molecule has 0 atom stereocenters. The van der Waals surface area contributed by atoms with Crippen molar-refractivity contribution in [1.29, 1.82) is 0 Å². The topological polar surface area (TPSA) is 65.9 Å². The van der Waals surface area contributed by atoms with Crippen LogP contribution in [0, 0.1) is 0 Å². The van der Waals surface area contributed by atoms with Crippen molar-refractivity contribution in [2.75, 3.05) is 37.6 Å². The number of rotatable bonds is 6. The molecule has 1 aromatic heterocycles. The van der Waals surface area contributed by atoms with Gasteiger partial charge in [-0.3, -0.25) is 0 Å². The number of alkyl halides is 2. The predicted octanol–water partition coefficient (Wildman–Crippen LogP) is 2.37. The van der Waals surface area contributed by atoms with Crippen LogP contribution in [0.5, 0.6) is 5.75 Å². The number of aromatic nitrogens is 2. The molecule has 150 valence electrons. The van der Waals surface area contributed by atoms with Gasteiger partial charge in [0.25, 0.3) is 0 Å². The van der Waals surface area contributed by atoms with E-state index in [0.717, 1.165) is 44.6 Å². The van der Waals surface area contributed by atoms with E-state index in [-0.39, 0.29) is 12.3 Å². The molecule has 0 radical (unpaired) electrons. The van der Waals surface area contributed by atoms with E-state index in [1.165, 1.54) is 6.07 Å². The van der Waals surface area contributed by atoms with Crippen molar-refractivity contribution >= 4 is 11.9 Å². The van der Waals surface area contributed by atoms with Crippen LogP contribution in [0.3, 0.4) is 0 Å². The number of nitrogens with zero attached hydrogens (tertiary/aromatic N) is 5. The van der Waals surface area contributed by atoms with Crippen LogP contribution in [-0.2, 0) is 6.54 Å². The van der Waals surface area contributed by atoms with Crippen molar-refractivity contribution in [3.8, 4) is 5.75 Å². The second-order valence-electron chi connectivity index (χ2n) is 6.18. The van der Waals surface area contributed by atoms with E-state index in [2.05, 4.69) is 34.8 Å². The fraction of sp³-hybridized carbons (Fsp3) is 0.421. The average Bonchev–Trinajstić information content (AvgIpc) is 2.72. The first-order valence-electron chi connectivity index (χ1n) is 9.25. The summed E-state index contributed by atoms with van der Waals surface area (Å²) >= 11 is 0. The SMILES string of the molecule is CCNC(=NCc1ccccc1OC(F)F)N1CCN(c2ncccn2)CC1. The van der Waals surface area contributed by atoms with Gasteiger partial charge in [0, 0.05) is 50.7 Å². The second-order valence-corrected chi connectivity index (χ2v) is 6.18. The molecule has 3 rings (SSSR count). The van der Waals surface area contributed by atoms with E-state index in [1.54, 1.807) is 36.7 Å². The molecular weight excluding hydrogens is 366 g/mol. The van der Waals surface area contributed by atoms with Crippen LogP contribution in [0.4, 0.5) is 14.7 Å². The van der Waals surface area contributed by atoms with Crippen molar-refractivity contribution in [2.24, 2.45) is 4.99 Å². The quantitative estimate of drug-likeness (QED) is 0.604. The number of aliphatic imine (C=N–C) groups is 1. The van der Waals surface area contributed by atoms with E-state index in [0.29, 0.717) is 5.56 Å². The molecule has 0 aliphatic carbocycles. The standard InChI is InChI=1S/C19H24F2N6O/c1-2-22-18(25-14-15-6-3-4-7-16(15)28-17(20)21)26-10-12-27(13-11-26)19-23-8-5-9-24-19/h3-9,17H,2,10-14H2,1H3,(H,22,25). The molecule has 28 heavy (non-hydrogen) atoms. The molecule has 0 spiro atoms. The maximum absolute atomic E-state index is 12.6. The van der Waals surface area contributed by atoms with E-state index in [9.17, 15) is 8.78 Å². The molecule has 9 heteroatoms. The van der Waals surface area contributed by atoms with Gasteiger partial charge in [-0.2, -0.15) is 8.78 Å². The zero-order valence-corrected chi connectivity index (χ0v) is 15.8. The van der Waals surface area contributed by atoms with Crippen LogP contribution in [0.1, 0.15) is 12.5 Å². The first-order chi connectivity index (χ1) is 13.7. The highest BCUT2D eigenvalue weighted by Gasteiger charge is 2.21. The van der Waals surface area contributed by atoms with Crippen molar-refractivity contribution in [3.63, 3.8) is 0 Å². The van der Waals surface area contributed by atoms with Crippen LogP contribution in [-0.4, -0.2) is 60.2 Å². The molecule has 0 bridgehead atoms. The molecule has 1 aromatic carbocycles. The first kappa shape index (κ1) is 19.8. The van der Waals surface area contributed by atoms with Gasteiger partial charge < -0.3 is 19.9 Å². The number of piperazine rings is 1. The summed E-state index contributed by atoms with van der Waals surface area (Å²) in [4.78, 5) is 17.5. The number of guanidine groups is 1. The summed E-state index contributed by atoms with van der Waals surface area (Å²) in [5.41, 5.74) is 0.620. The third kappa shape index (κ3) is 5.28. The smallest absolute Gasteiger partial charge is 0.387 e. The lowest BCUT2D eigenvalue weighted by atomic mass is 10.2. The number of ether oxygens (including phenoxy) is 1. The van der Waals surface area contributed by atoms with E-state index in [1.807, 2.05) is 6.92 Å². The summed E-state index contributed by atoms with van der Waals surface area (Å²) < 4.78 is 29.8. The molecule has 2 aromatic rings. The summed E-state index contributed by atoms with van der Waals surface area (Å²) in [5.74, 6) is 1.63. The van der Waals surface area contributed by atoms with Crippen LogP contribution >= 0.6 is 0 Å². The van der Waals surface area contributed by atoms with Gasteiger partial charge in [0.15, 0.2) is 5.96 Å². The zero-order chi connectivity index (χ0) is 19.8. The van der Waals surface area contributed by atoms with E-state index >= 15 is 0 Å². The number of nitrogens with one attached hydrogen (secondary N) is 1. The Morgan fingerprint density at radius 2 is 1.86 bits per heavy atom. The Kier molecular flexibility index (Phi) is 6.94. The first-order valence-corrected chi connectivity index (χ1v) is 9.25. The van der Waals surface area contributed by atoms with Gasteiger partial charge >= 0.3 is 6.61 Å². The Balaban J connectivity index is 1.65. The highest BCUT2D eigenvalue weighted by Crippen LogP contribution is 2.21. The van der Waals surface area contributed by atoms with Crippen molar-refractivity contribution in [2.45, 2.75) is 20.1 Å². The van der Waals surface area contributed by atoms with Gasteiger partial charge in [-0.25, -0.2) is 15.0 Å². The minimum absolute atomic E-state index is 0.156. The molecule has 1 fully saturated rings. The fourth-order valence-electron chi connectivity index (χ4n) is 3.00. The molecule has 2 heterocycles. The molecule has 1 N–H and O–H groups in total. The molecule has 0 amide bonds. The Bertz CT molecular complexity index is 766. The molecule has 0 unspecified atom stereocenters. The monoisotopic (exact) mass is 390 g/mol. The number of halogens is 2. The summed E-state index contributed by atoms with van der Waals surface area (Å²) in [6.45, 7) is 3.20. The number of para-hydroxylation sites is 1. The summed E-state index contributed by atoms with van der Waals surface area (Å²) in [5, 5.41) is 3.27. The Labute approximate surface area is 163 Å². The number of anilines is 1. The summed E-state index contributed by atoms with van der Waals surface area (Å²) in [7, 11) is 0. The maximum atomic E-state index is 12.6. The Morgan fingerprint density at radius 3 is 2.54 bits per heavy atom. The second kappa shape index (κ2) is 9.82. The maximum Gasteiger partial charge on any atom is 0.387 e. The van der Waals surface area contributed by atoms with Crippen LogP contribution < -0.4 is 15.0 Å². The lowest BCUT2D eigenvalue weighted by Crippen LogP contribution is -2.52. The number of benzene rings is 1. The zero-order valence-electron chi connectivity index (χ0n) is 15.8. The van der Waals surface area contributed by atoms with Gasteiger partial charge in [0.05, 0.1) is 6.54 Å². The van der Waals surface area contributed by atoms with Crippen molar-refractivity contribution < 1.29 is 13.5 Å². The molecule has 7 nitrogen and oxygen atoms in total. The molecular formula is C19H24F2N6O. The average molecular weight is 390 g/mol. The largest absolute Gasteiger partial charge is 0.434 e. The van der Waals surface area contributed by atoms with E-state index < -0.39 is 6.61 Å².